The zero-order valence-corrected chi connectivity index (χ0v) is 10.7. The molecule has 0 aliphatic rings. The van der Waals surface area contributed by atoms with Crippen molar-refractivity contribution in [2.45, 2.75) is 39.7 Å². The molecule has 0 saturated heterocycles. The Morgan fingerprint density at radius 2 is 1.81 bits per heavy atom. The highest BCUT2D eigenvalue weighted by Crippen LogP contribution is 2.19. The quantitative estimate of drug-likeness (QED) is 0.829. The minimum atomic E-state index is -0.774. The molecule has 2 nitrogen and oxygen atoms in total. The van der Waals surface area contributed by atoms with E-state index in [0.29, 0.717) is 6.61 Å². The van der Waals surface area contributed by atoms with Gasteiger partial charge in [-0.15, -0.1) is 0 Å². The van der Waals surface area contributed by atoms with Gasteiger partial charge >= 0.3 is 0 Å². The third-order valence-corrected chi connectivity index (χ3v) is 3.11. The minimum absolute atomic E-state index is 0.183. The van der Waals surface area contributed by atoms with Gasteiger partial charge in [-0.1, -0.05) is 32.9 Å². The Bertz CT molecular complexity index is 312. The summed E-state index contributed by atoms with van der Waals surface area (Å²) in [6.45, 7) is 8.24. The molecule has 0 fully saturated rings. The molecular weight excluding hydrogens is 200 g/mol. The van der Waals surface area contributed by atoms with Crippen LogP contribution >= 0.6 is 0 Å². The number of aryl methyl sites for hydroxylation is 1. The maximum atomic E-state index is 10.0. The van der Waals surface area contributed by atoms with Crippen molar-refractivity contribution in [2.24, 2.45) is 5.92 Å². The molecule has 1 aromatic rings. The molecule has 1 rings (SSSR count). The number of hydrogen-bond acceptors (Lipinski definition) is 2. The highest BCUT2D eigenvalue weighted by molar-refractivity contribution is 5.27. The van der Waals surface area contributed by atoms with Crippen molar-refractivity contribution in [1.82, 2.24) is 0 Å². The topological polar surface area (TPSA) is 29.5 Å². The van der Waals surface area contributed by atoms with Crippen molar-refractivity contribution in [1.29, 1.82) is 0 Å². The molecule has 90 valence electrons. The van der Waals surface area contributed by atoms with Crippen molar-refractivity contribution in [3.05, 3.63) is 29.8 Å². The largest absolute Gasteiger partial charge is 0.491 e. The van der Waals surface area contributed by atoms with Gasteiger partial charge in [-0.25, -0.2) is 0 Å². The van der Waals surface area contributed by atoms with Crippen molar-refractivity contribution in [2.75, 3.05) is 6.61 Å². The van der Waals surface area contributed by atoms with Gasteiger partial charge in [-0.2, -0.15) is 0 Å². The van der Waals surface area contributed by atoms with Gasteiger partial charge in [0, 0.05) is 0 Å². The normalized spacial score (nSPS) is 14.9. The van der Waals surface area contributed by atoms with Crippen LogP contribution < -0.4 is 4.74 Å². The molecule has 0 aromatic heterocycles. The Balaban J connectivity index is 2.54. The van der Waals surface area contributed by atoms with Gasteiger partial charge in [0.1, 0.15) is 12.4 Å². The van der Waals surface area contributed by atoms with Gasteiger partial charge in [0.25, 0.3) is 0 Å². The zero-order chi connectivity index (χ0) is 12.2. The summed E-state index contributed by atoms with van der Waals surface area (Å²) in [4.78, 5) is 0. The molecule has 1 unspecified atom stereocenters. The highest BCUT2D eigenvalue weighted by atomic mass is 16.5. The molecule has 0 spiro atoms. The first-order chi connectivity index (χ1) is 7.45. The van der Waals surface area contributed by atoms with Crippen LogP contribution in [0.25, 0.3) is 0 Å². The predicted octanol–water partition coefficient (Wildman–Crippen LogP) is 3.03. The van der Waals surface area contributed by atoms with E-state index in [9.17, 15) is 5.11 Å². The molecule has 16 heavy (non-hydrogen) atoms. The lowest BCUT2D eigenvalue weighted by Gasteiger charge is -2.27. The summed E-state index contributed by atoms with van der Waals surface area (Å²) < 4.78 is 5.58. The first-order valence-corrected chi connectivity index (χ1v) is 5.90. The van der Waals surface area contributed by atoms with Crippen molar-refractivity contribution < 1.29 is 9.84 Å². The fourth-order valence-electron chi connectivity index (χ4n) is 1.22. The van der Waals surface area contributed by atoms with Gasteiger partial charge in [-0.05, 0) is 37.0 Å². The molecule has 0 amide bonds. The first-order valence-electron chi connectivity index (χ1n) is 5.90. The average Bonchev–Trinajstić information content (AvgIpc) is 2.27. The second kappa shape index (κ2) is 5.35. The van der Waals surface area contributed by atoms with E-state index in [0.717, 1.165) is 12.2 Å². The van der Waals surface area contributed by atoms with E-state index in [1.807, 2.05) is 26.0 Å². The molecule has 1 atom stereocenters. The van der Waals surface area contributed by atoms with Crippen LogP contribution in [0, 0.1) is 5.92 Å². The molecule has 1 N–H and O–H groups in total. The maximum absolute atomic E-state index is 10.0. The van der Waals surface area contributed by atoms with E-state index in [1.54, 1.807) is 6.92 Å². The molecule has 0 aliphatic carbocycles. The van der Waals surface area contributed by atoms with E-state index >= 15 is 0 Å². The van der Waals surface area contributed by atoms with Crippen molar-refractivity contribution in [3.63, 3.8) is 0 Å². The summed E-state index contributed by atoms with van der Waals surface area (Å²) in [6, 6.07) is 8.02. The smallest absolute Gasteiger partial charge is 0.119 e. The third kappa shape index (κ3) is 3.53. The number of benzene rings is 1. The van der Waals surface area contributed by atoms with E-state index in [4.69, 9.17) is 4.74 Å². The second-order valence-corrected chi connectivity index (χ2v) is 4.80. The second-order valence-electron chi connectivity index (χ2n) is 4.80. The lowest BCUT2D eigenvalue weighted by Crippen LogP contribution is -2.37. The van der Waals surface area contributed by atoms with Gasteiger partial charge in [0.15, 0.2) is 0 Å². The third-order valence-electron chi connectivity index (χ3n) is 3.11. The van der Waals surface area contributed by atoms with Gasteiger partial charge in [-0.3, -0.25) is 0 Å². The van der Waals surface area contributed by atoms with Crippen LogP contribution in [0.4, 0.5) is 0 Å². The van der Waals surface area contributed by atoms with Crippen molar-refractivity contribution in [3.8, 4) is 5.75 Å². The molecule has 0 radical (unpaired) electrons. The van der Waals surface area contributed by atoms with E-state index in [-0.39, 0.29) is 5.92 Å². The van der Waals surface area contributed by atoms with E-state index in [2.05, 4.69) is 19.1 Å². The van der Waals surface area contributed by atoms with Crippen LogP contribution in [0.1, 0.15) is 33.3 Å². The molecule has 1 aromatic carbocycles. The van der Waals surface area contributed by atoms with Crippen LogP contribution in [0.5, 0.6) is 5.75 Å². The number of rotatable bonds is 5. The Labute approximate surface area is 98.3 Å². The highest BCUT2D eigenvalue weighted by Gasteiger charge is 2.25. The van der Waals surface area contributed by atoms with Gasteiger partial charge < -0.3 is 9.84 Å². The van der Waals surface area contributed by atoms with Crippen LogP contribution in [0.2, 0.25) is 0 Å². The fourth-order valence-corrected chi connectivity index (χ4v) is 1.22. The summed E-state index contributed by atoms with van der Waals surface area (Å²) in [5, 5.41) is 10.0. The molecule has 2 heteroatoms. The van der Waals surface area contributed by atoms with E-state index in [1.165, 1.54) is 5.56 Å². The summed E-state index contributed by atoms with van der Waals surface area (Å²) in [6.07, 6.45) is 1.03. The Hall–Kier alpha value is -1.02. The zero-order valence-electron chi connectivity index (χ0n) is 10.7. The molecule has 0 heterocycles. The number of hydrogen-bond donors (Lipinski definition) is 1. The minimum Gasteiger partial charge on any atom is -0.491 e. The standard InChI is InChI=1S/C14H22O2/c1-5-12-6-8-13(9-7-12)16-10-14(4,15)11(2)3/h6-9,11,15H,5,10H2,1-4H3. The summed E-state index contributed by atoms with van der Waals surface area (Å²) in [7, 11) is 0. The molecule has 0 bridgehead atoms. The Morgan fingerprint density at radius 3 is 2.25 bits per heavy atom. The first kappa shape index (κ1) is 13.0. The van der Waals surface area contributed by atoms with Crippen molar-refractivity contribution >= 4 is 0 Å². The molecular formula is C14H22O2. The summed E-state index contributed by atoms with van der Waals surface area (Å²) >= 11 is 0. The lowest BCUT2D eigenvalue weighted by atomic mass is 9.94. The van der Waals surface area contributed by atoms with Crippen LogP contribution in [0.3, 0.4) is 0 Å². The number of ether oxygens (including phenoxy) is 1. The van der Waals surface area contributed by atoms with E-state index < -0.39 is 5.60 Å². The predicted molar refractivity (Wildman–Crippen MR) is 66.8 cm³/mol. The SMILES string of the molecule is CCc1ccc(OCC(C)(O)C(C)C)cc1. The van der Waals surface area contributed by atoms with Crippen LogP contribution in [-0.4, -0.2) is 17.3 Å². The maximum Gasteiger partial charge on any atom is 0.119 e. The summed E-state index contributed by atoms with van der Waals surface area (Å²) in [5.74, 6) is 1.00. The average molecular weight is 222 g/mol. The fraction of sp³-hybridized carbons (Fsp3) is 0.571. The van der Waals surface area contributed by atoms with Gasteiger partial charge in [0.2, 0.25) is 0 Å². The molecule has 0 saturated carbocycles. The Kier molecular flexibility index (Phi) is 4.36. The lowest BCUT2D eigenvalue weighted by molar-refractivity contribution is -0.0266. The van der Waals surface area contributed by atoms with Gasteiger partial charge in [0.05, 0.1) is 5.60 Å². The molecule has 0 aliphatic heterocycles. The summed E-state index contributed by atoms with van der Waals surface area (Å²) in [5.41, 5.74) is 0.520. The van der Waals surface area contributed by atoms with Crippen LogP contribution in [-0.2, 0) is 6.42 Å². The number of aliphatic hydroxyl groups is 1. The van der Waals surface area contributed by atoms with Crippen LogP contribution in [0.15, 0.2) is 24.3 Å². The monoisotopic (exact) mass is 222 g/mol. The Morgan fingerprint density at radius 1 is 1.25 bits per heavy atom.